The van der Waals surface area contributed by atoms with Crippen molar-refractivity contribution in [3.8, 4) is 0 Å². The maximum Gasteiger partial charge on any atom is 0.244 e. The maximum absolute atomic E-state index is 12.9. The summed E-state index contributed by atoms with van der Waals surface area (Å²) in [5, 5.41) is 7.35. The molecule has 9 heteroatoms. The third-order valence-corrected chi connectivity index (χ3v) is 8.10. The van der Waals surface area contributed by atoms with Crippen molar-refractivity contribution in [1.29, 1.82) is 0 Å². The van der Waals surface area contributed by atoms with Crippen LogP contribution < -0.4 is 5.32 Å². The zero-order chi connectivity index (χ0) is 24.3. The lowest BCUT2D eigenvalue weighted by atomic mass is 9.87. The topological polar surface area (TPSA) is 97.2 Å². The Morgan fingerprint density at radius 1 is 1.06 bits per heavy atom. The van der Waals surface area contributed by atoms with Gasteiger partial charge in [0, 0.05) is 37.5 Å². The first-order chi connectivity index (χ1) is 16.1. The second-order valence-electron chi connectivity index (χ2n) is 9.68. The van der Waals surface area contributed by atoms with E-state index >= 15 is 0 Å². The van der Waals surface area contributed by atoms with Crippen LogP contribution in [0, 0.1) is 5.92 Å². The number of carbonyl (C=O) groups excluding carboxylic acids is 1. The number of aromatic nitrogens is 3. The minimum atomic E-state index is -3.59. The summed E-state index contributed by atoms with van der Waals surface area (Å²) < 4.78 is 28.8. The van der Waals surface area contributed by atoms with Gasteiger partial charge in [-0.25, -0.2) is 13.1 Å². The van der Waals surface area contributed by atoms with E-state index in [4.69, 9.17) is 0 Å². The van der Waals surface area contributed by atoms with Gasteiger partial charge in [0.05, 0.1) is 12.7 Å². The predicted molar refractivity (Wildman–Crippen MR) is 131 cm³/mol. The lowest BCUT2D eigenvalue weighted by Crippen LogP contribution is -2.41. The van der Waals surface area contributed by atoms with Gasteiger partial charge in [-0.05, 0) is 41.5 Å². The number of anilines is 1. The van der Waals surface area contributed by atoms with E-state index in [-0.39, 0.29) is 22.1 Å². The molecule has 1 fully saturated rings. The van der Waals surface area contributed by atoms with Gasteiger partial charge in [-0.1, -0.05) is 45.0 Å². The number of hydrogen-bond donors (Lipinski definition) is 1. The first-order valence-electron chi connectivity index (χ1n) is 11.5. The maximum atomic E-state index is 12.9. The minimum absolute atomic E-state index is 0.0935. The van der Waals surface area contributed by atoms with Gasteiger partial charge < -0.3 is 5.32 Å². The molecule has 34 heavy (non-hydrogen) atoms. The molecule has 1 aromatic carbocycles. The molecule has 0 unspecified atom stereocenters. The number of rotatable bonds is 6. The Bertz CT molecular complexity index is 1220. The van der Waals surface area contributed by atoms with Crippen LogP contribution in [-0.2, 0) is 26.8 Å². The van der Waals surface area contributed by atoms with E-state index in [2.05, 4.69) is 60.4 Å². The molecule has 1 N–H and O–H groups in total. The van der Waals surface area contributed by atoms with Gasteiger partial charge in [0.1, 0.15) is 10.7 Å². The summed E-state index contributed by atoms with van der Waals surface area (Å²) in [6.07, 6.45) is 5.50. The Hall–Kier alpha value is -3.04. The van der Waals surface area contributed by atoms with Gasteiger partial charge in [-0.15, -0.1) is 0 Å². The zero-order valence-electron chi connectivity index (χ0n) is 19.8. The van der Waals surface area contributed by atoms with Crippen LogP contribution in [0.15, 0.2) is 66.0 Å². The molecular formula is C25H31N5O3S. The molecule has 0 saturated carbocycles. The van der Waals surface area contributed by atoms with E-state index in [1.807, 2.05) is 0 Å². The number of amides is 1. The highest BCUT2D eigenvalue weighted by Gasteiger charge is 2.32. The molecule has 8 nitrogen and oxygen atoms in total. The Morgan fingerprint density at radius 3 is 2.38 bits per heavy atom. The second kappa shape index (κ2) is 9.68. The van der Waals surface area contributed by atoms with Gasteiger partial charge in [-0.3, -0.25) is 9.78 Å². The molecule has 180 valence electrons. The highest BCUT2D eigenvalue weighted by atomic mass is 32.2. The summed E-state index contributed by atoms with van der Waals surface area (Å²) in [4.78, 5) is 17.0. The van der Waals surface area contributed by atoms with E-state index in [1.54, 1.807) is 35.3 Å². The summed E-state index contributed by atoms with van der Waals surface area (Å²) in [5.41, 5.74) is 2.46. The minimum Gasteiger partial charge on any atom is -0.311 e. The Labute approximate surface area is 201 Å². The average molecular weight is 482 g/mol. The first-order valence-corrected chi connectivity index (χ1v) is 12.9. The monoisotopic (exact) mass is 481 g/mol. The highest BCUT2D eigenvalue weighted by molar-refractivity contribution is 7.89. The number of sulfonamides is 1. The second-order valence-corrected chi connectivity index (χ2v) is 11.6. The van der Waals surface area contributed by atoms with Gasteiger partial charge in [0.25, 0.3) is 0 Å². The molecule has 1 aliphatic heterocycles. The van der Waals surface area contributed by atoms with Crippen molar-refractivity contribution in [2.45, 2.75) is 50.5 Å². The fourth-order valence-electron chi connectivity index (χ4n) is 4.08. The van der Waals surface area contributed by atoms with Crippen LogP contribution in [0.3, 0.4) is 0 Å². The average Bonchev–Trinajstić information content (AvgIpc) is 3.25. The number of benzene rings is 1. The molecule has 1 saturated heterocycles. The van der Waals surface area contributed by atoms with Crippen molar-refractivity contribution in [3.05, 3.63) is 72.2 Å². The van der Waals surface area contributed by atoms with Crippen LogP contribution in [-0.4, -0.2) is 46.5 Å². The largest absolute Gasteiger partial charge is 0.311 e. The van der Waals surface area contributed by atoms with E-state index in [0.29, 0.717) is 38.3 Å². The van der Waals surface area contributed by atoms with Crippen LogP contribution in [0.25, 0.3) is 0 Å². The first kappa shape index (κ1) is 24.1. The molecular weight excluding hydrogens is 450 g/mol. The zero-order valence-corrected chi connectivity index (χ0v) is 20.6. The molecule has 4 rings (SSSR count). The lowest BCUT2D eigenvalue weighted by molar-refractivity contribution is -0.121. The van der Waals surface area contributed by atoms with Crippen molar-refractivity contribution in [2.24, 2.45) is 5.92 Å². The molecule has 0 bridgehead atoms. The lowest BCUT2D eigenvalue weighted by Gasteiger charge is -2.30. The number of nitrogens with zero attached hydrogens (tertiary/aromatic N) is 4. The summed E-state index contributed by atoms with van der Waals surface area (Å²) >= 11 is 0. The summed E-state index contributed by atoms with van der Waals surface area (Å²) in [7, 11) is -3.59. The highest BCUT2D eigenvalue weighted by Crippen LogP contribution is 2.25. The van der Waals surface area contributed by atoms with E-state index < -0.39 is 10.0 Å². The molecule has 1 amide bonds. The molecule has 0 atom stereocenters. The van der Waals surface area contributed by atoms with E-state index in [1.165, 1.54) is 16.1 Å². The standard InChI is InChI=1S/C25H31N5O3S/c1-25(2,3)21-8-6-19(7-9-21)18-30-23(10-14-27-30)28-24(31)20-11-15-29(16-12-20)34(32,33)22-5-4-13-26-17-22/h4-10,13-14,17,20H,11-12,15-16,18H2,1-3H3,(H,28,31). The molecule has 0 spiro atoms. The molecule has 1 aliphatic rings. The van der Waals surface area contributed by atoms with Crippen molar-refractivity contribution in [3.63, 3.8) is 0 Å². The van der Waals surface area contributed by atoms with Crippen LogP contribution in [0.5, 0.6) is 0 Å². The number of nitrogens with one attached hydrogen (secondary N) is 1. The number of piperidine rings is 1. The summed E-state index contributed by atoms with van der Waals surface area (Å²) in [5.74, 6) is 0.272. The van der Waals surface area contributed by atoms with Gasteiger partial charge in [-0.2, -0.15) is 9.40 Å². The summed E-state index contributed by atoms with van der Waals surface area (Å²) in [6, 6.07) is 13.4. The van der Waals surface area contributed by atoms with Gasteiger partial charge in [0.15, 0.2) is 0 Å². The third-order valence-electron chi connectivity index (χ3n) is 6.22. The SMILES string of the molecule is CC(C)(C)c1ccc(Cn2nccc2NC(=O)C2CCN(S(=O)(=O)c3cccnc3)CC2)cc1. The van der Waals surface area contributed by atoms with Crippen molar-refractivity contribution in [2.75, 3.05) is 18.4 Å². The third kappa shape index (κ3) is 5.37. The predicted octanol–water partition coefficient (Wildman–Crippen LogP) is 3.66. The normalized spacial score (nSPS) is 15.9. The van der Waals surface area contributed by atoms with E-state index in [0.717, 1.165) is 5.56 Å². The van der Waals surface area contributed by atoms with Crippen LogP contribution in [0.2, 0.25) is 0 Å². The molecule has 3 aromatic rings. The van der Waals surface area contributed by atoms with Crippen LogP contribution >= 0.6 is 0 Å². The van der Waals surface area contributed by atoms with Crippen LogP contribution in [0.1, 0.15) is 44.7 Å². The molecule has 3 heterocycles. The fraction of sp³-hybridized carbons (Fsp3) is 0.400. The van der Waals surface area contributed by atoms with Crippen LogP contribution in [0.4, 0.5) is 5.82 Å². The number of hydrogen-bond acceptors (Lipinski definition) is 5. The molecule has 0 aliphatic carbocycles. The van der Waals surface area contributed by atoms with Crippen molar-refractivity contribution >= 4 is 21.7 Å². The van der Waals surface area contributed by atoms with E-state index in [9.17, 15) is 13.2 Å². The van der Waals surface area contributed by atoms with Gasteiger partial charge >= 0.3 is 0 Å². The number of carbonyl (C=O) groups is 1. The van der Waals surface area contributed by atoms with Crippen molar-refractivity contribution in [1.82, 2.24) is 19.1 Å². The Balaban J connectivity index is 1.35. The summed E-state index contributed by atoms with van der Waals surface area (Å²) in [6.45, 7) is 7.70. The Kier molecular flexibility index (Phi) is 6.86. The van der Waals surface area contributed by atoms with Crippen molar-refractivity contribution < 1.29 is 13.2 Å². The fourth-order valence-corrected chi connectivity index (χ4v) is 5.52. The Morgan fingerprint density at radius 2 is 1.76 bits per heavy atom. The number of pyridine rings is 1. The smallest absolute Gasteiger partial charge is 0.244 e. The molecule has 2 aromatic heterocycles. The van der Waals surface area contributed by atoms with Gasteiger partial charge in [0.2, 0.25) is 15.9 Å². The quantitative estimate of drug-likeness (QED) is 0.579. The molecule has 0 radical (unpaired) electrons.